The second-order valence-electron chi connectivity index (χ2n) is 10.8. The Morgan fingerprint density at radius 1 is 0.843 bits per heavy atom. The van der Waals surface area contributed by atoms with Crippen molar-refractivity contribution >= 4 is 71.6 Å². The lowest BCUT2D eigenvalue weighted by atomic mass is 9.96. The summed E-state index contributed by atoms with van der Waals surface area (Å²) in [7, 11) is -3.32. The third kappa shape index (κ3) is 24.0. The van der Waals surface area contributed by atoms with Gasteiger partial charge in [0.05, 0.1) is 9.85 Å². The second kappa shape index (κ2) is 25.1. The Morgan fingerprint density at radius 3 is 1.51 bits per heavy atom. The number of hydrogen-bond donors (Lipinski definition) is 3. The Hall–Kier alpha value is -2.97. The van der Waals surface area contributed by atoms with Gasteiger partial charge in [-0.15, -0.1) is 12.4 Å². The first kappa shape index (κ1) is 52.4. The van der Waals surface area contributed by atoms with Gasteiger partial charge in [-0.1, -0.05) is 14.9 Å². The molecule has 21 heteroatoms. The zero-order valence-electron chi connectivity index (χ0n) is 27.1. The molecule has 2 fully saturated rings. The minimum atomic E-state index is -3.32. The Bertz CT molecular complexity index is 1450. The summed E-state index contributed by atoms with van der Waals surface area (Å²) in [6.45, 7) is 5.80. The van der Waals surface area contributed by atoms with Crippen molar-refractivity contribution in [1.82, 2.24) is 5.09 Å². The maximum absolute atomic E-state index is 12.4. The third-order valence-corrected chi connectivity index (χ3v) is 7.63. The second-order valence-corrected chi connectivity index (χ2v) is 18.8. The van der Waals surface area contributed by atoms with Crippen molar-refractivity contribution in [2.24, 2.45) is 5.73 Å². The molecular formula is C30H49Cl3N4O12P2. The number of rotatable bonds is 10. The minimum absolute atomic E-state index is 0. The van der Waals surface area contributed by atoms with Crippen LogP contribution in [0.15, 0.2) is 48.5 Å². The number of halogens is 3. The van der Waals surface area contributed by atoms with Crippen molar-refractivity contribution in [3.05, 3.63) is 68.8 Å². The van der Waals surface area contributed by atoms with E-state index in [9.17, 15) is 38.9 Å². The van der Waals surface area contributed by atoms with Crippen LogP contribution in [0.4, 0.5) is 11.4 Å². The molecule has 2 aliphatic rings. The van der Waals surface area contributed by atoms with Gasteiger partial charge >= 0.3 is 19.5 Å². The summed E-state index contributed by atoms with van der Waals surface area (Å²) in [5, 5.41) is 32.0. The molecule has 2 saturated carbocycles. The number of nitro groups is 2. The molecule has 0 heterocycles. The lowest BCUT2D eigenvalue weighted by molar-refractivity contribution is -0.385. The number of non-ortho nitro benzene ring substituents is 2. The maximum Gasteiger partial charge on any atom is 0.323 e. The zero-order chi connectivity index (χ0) is 36.7. The standard InChI is InChI=1S/C14H19N2O6P.C7H13NO2.C6H5NO3.CH3Cl2OP.2CH4.ClH/c1-10(14(17)21-12-4-3-5-12)15-23(2,20)22-13-8-6-11(7-9-13)16(18)19;1-5(8)7(9)10-6-3-2-4-6;8-6-3-1-5(2-4-6)7(9)10;1-5(2,3)4;;;/h6-10,12H,3-5H2,1-2H3,(H,15,20);5-6H,2-4,8H2,1H3;1-4,8H;1H3;2*1H4;1H/t10-,23?;5-;;;;;/m00...../s1. The fourth-order valence-corrected chi connectivity index (χ4v) is 4.74. The third-order valence-electron chi connectivity index (χ3n) is 6.21. The van der Waals surface area contributed by atoms with Gasteiger partial charge in [0.1, 0.15) is 35.8 Å². The molecule has 0 saturated heterocycles. The van der Waals surface area contributed by atoms with Crippen LogP contribution < -0.4 is 15.3 Å². The number of ether oxygens (including phenoxy) is 2. The molecule has 4 rings (SSSR count). The smallest absolute Gasteiger partial charge is 0.323 e. The minimum Gasteiger partial charge on any atom is -0.508 e. The molecule has 0 bridgehead atoms. The SMILES string of the molecule is C.C.CP(=O)(Cl)Cl.C[C@H](N)C(=O)OC1CCC1.C[C@H](NP(C)(=O)Oc1ccc([N+](=O)[O-])cc1)C(=O)OC1CCC1.Cl.O=[N+]([O-])c1ccc(O)cc1. The van der Waals surface area contributed by atoms with Crippen molar-refractivity contribution in [3.63, 3.8) is 0 Å². The van der Waals surface area contributed by atoms with Crippen LogP contribution in [0.3, 0.4) is 0 Å². The summed E-state index contributed by atoms with van der Waals surface area (Å²) >= 11 is 9.70. The van der Waals surface area contributed by atoms with Crippen molar-refractivity contribution in [2.45, 2.75) is 91.5 Å². The highest BCUT2D eigenvalue weighted by molar-refractivity contribution is 8.08. The van der Waals surface area contributed by atoms with Gasteiger partial charge in [-0.3, -0.25) is 38.9 Å². The number of phenols is 1. The van der Waals surface area contributed by atoms with E-state index in [2.05, 4.69) is 5.09 Å². The molecule has 0 radical (unpaired) electrons. The number of nitro benzene ring substituents is 2. The van der Waals surface area contributed by atoms with Crippen LogP contribution in [0.5, 0.6) is 11.5 Å². The van der Waals surface area contributed by atoms with Gasteiger partial charge in [-0.25, -0.2) is 5.09 Å². The molecule has 0 spiro atoms. The molecule has 0 aliphatic heterocycles. The molecule has 2 aliphatic carbocycles. The highest BCUT2D eigenvalue weighted by Crippen LogP contribution is 2.52. The van der Waals surface area contributed by atoms with Crippen LogP contribution in [-0.4, -0.2) is 64.5 Å². The molecule has 2 aromatic carbocycles. The van der Waals surface area contributed by atoms with E-state index in [1.807, 2.05) is 0 Å². The van der Waals surface area contributed by atoms with Crippen LogP contribution in [0.2, 0.25) is 0 Å². The van der Waals surface area contributed by atoms with E-state index in [4.69, 9.17) is 47.3 Å². The first-order valence-electron chi connectivity index (χ1n) is 14.5. The van der Waals surface area contributed by atoms with Crippen molar-refractivity contribution in [3.8, 4) is 11.5 Å². The van der Waals surface area contributed by atoms with Crippen molar-refractivity contribution in [1.29, 1.82) is 0 Å². The average molecular weight is 826 g/mol. The molecule has 4 N–H and O–H groups in total. The van der Waals surface area contributed by atoms with Crippen LogP contribution in [-0.2, 0) is 28.2 Å². The van der Waals surface area contributed by atoms with Gasteiger partial charge in [0.25, 0.3) is 11.4 Å². The van der Waals surface area contributed by atoms with Gasteiger partial charge < -0.3 is 24.8 Å². The summed E-state index contributed by atoms with van der Waals surface area (Å²) in [5.41, 5.74) is 5.18. The van der Waals surface area contributed by atoms with E-state index in [1.165, 1.54) is 68.3 Å². The fourth-order valence-electron chi connectivity index (χ4n) is 3.35. The first-order valence-corrected chi connectivity index (χ1v) is 20.6. The molecule has 292 valence electrons. The van der Waals surface area contributed by atoms with Crippen molar-refractivity contribution in [2.75, 3.05) is 13.3 Å². The summed E-state index contributed by atoms with van der Waals surface area (Å²) in [6.07, 6.45) is 6.10. The summed E-state index contributed by atoms with van der Waals surface area (Å²) in [5.74, 6) is -3.19. The number of nitrogens with one attached hydrogen (secondary N) is 1. The van der Waals surface area contributed by atoms with Gasteiger partial charge in [0.15, 0.2) is 0 Å². The van der Waals surface area contributed by atoms with E-state index >= 15 is 0 Å². The Balaban J connectivity index is -0.000000687. The summed E-state index contributed by atoms with van der Waals surface area (Å²) in [6, 6.07) is 9.01. The van der Waals surface area contributed by atoms with Gasteiger partial charge in [-0.05, 0) is 99.1 Å². The molecule has 3 atom stereocenters. The number of esters is 2. The predicted molar refractivity (Wildman–Crippen MR) is 202 cm³/mol. The predicted octanol–water partition coefficient (Wildman–Crippen LogP) is 8.58. The zero-order valence-corrected chi connectivity index (χ0v) is 31.3. The highest BCUT2D eigenvalue weighted by Gasteiger charge is 2.29. The normalized spacial score (nSPS) is 15.4. The van der Waals surface area contributed by atoms with Crippen LogP contribution in [0, 0.1) is 20.2 Å². The number of carbonyl (C=O) groups excluding carboxylic acids is 2. The number of phenolic OH excluding ortho intramolecular Hbond substituents is 1. The number of hydrogen-bond acceptors (Lipinski definition) is 13. The average Bonchev–Trinajstić information content (AvgIpc) is 2.92. The Morgan fingerprint density at radius 2 is 1.20 bits per heavy atom. The molecule has 0 aromatic heterocycles. The Kier molecular flexibility index (Phi) is 25.8. The number of benzene rings is 2. The molecule has 51 heavy (non-hydrogen) atoms. The summed E-state index contributed by atoms with van der Waals surface area (Å²) < 4.78 is 37.7. The largest absolute Gasteiger partial charge is 0.508 e. The lowest BCUT2D eigenvalue weighted by Gasteiger charge is -2.27. The number of nitrogens with zero attached hydrogens (tertiary/aromatic N) is 2. The topological polar surface area (TPSA) is 241 Å². The molecular weight excluding hydrogens is 777 g/mol. The van der Waals surface area contributed by atoms with Crippen LogP contribution in [0.1, 0.15) is 67.2 Å². The lowest BCUT2D eigenvalue weighted by Crippen LogP contribution is -2.37. The molecule has 1 unspecified atom stereocenters. The maximum atomic E-state index is 12.4. The van der Waals surface area contributed by atoms with Crippen molar-refractivity contribution < 1.29 is 47.7 Å². The monoisotopic (exact) mass is 824 g/mol. The van der Waals surface area contributed by atoms with Crippen LogP contribution in [0.25, 0.3) is 0 Å². The quantitative estimate of drug-likeness (QED) is 0.0880. The van der Waals surface area contributed by atoms with Gasteiger partial charge in [0.2, 0.25) is 5.85 Å². The number of aromatic hydroxyl groups is 1. The fraction of sp³-hybridized carbons (Fsp3) is 0.533. The first-order chi connectivity index (χ1) is 22.2. The van der Waals surface area contributed by atoms with Gasteiger partial charge in [-0.2, -0.15) is 0 Å². The molecule has 16 nitrogen and oxygen atoms in total. The molecule has 2 aromatic rings. The van der Waals surface area contributed by atoms with Crippen LogP contribution >= 0.6 is 48.3 Å². The van der Waals surface area contributed by atoms with E-state index in [-0.39, 0.29) is 68.3 Å². The van der Waals surface area contributed by atoms with Gasteiger partial charge in [0, 0.05) is 37.6 Å². The van der Waals surface area contributed by atoms with E-state index in [0.29, 0.717) is 0 Å². The van der Waals surface area contributed by atoms with E-state index in [1.54, 1.807) is 13.8 Å². The summed E-state index contributed by atoms with van der Waals surface area (Å²) in [4.78, 5) is 42.2. The molecule has 0 amide bonds. The number of nitrogens with two attached hydrogens (primary N) is 1. The Labute approximate surface area is 314 Å². The van der Waals surface area contributed by atoms with E-state index < -0.39 is 41.3 Å². The number of carbonyl (C=O) groups is 2. The highest BCUT2D eigenvalue weighted by atomic mass is 35.9. The van der Waals surface area contributed by atoms with E-state index in [0.717, 1.165) is 32.1 Å².